The van der Waals surface area contributed by atoms with E-state index >= 15 is 0 Å². The van der Waals surface area contributed by atoms with Crippen LogP contribution in [0.4, 0.5) is 0 Å². The van der Waals surface area contributed by atoms with Gasteiger partial charge in [-0.25, -0.2) is 4.79 Å². The number of halogens is 1. The van der Waals surface area contributed by atoms with Crippen molar-refractivity contribution >= 4 is 17.6 Å². The van der Waals surface area contributed by atoms with E-state index in [0.29, 0.717) is 17.2 Å². The second-order valence-corrected chi connectivity index (χ2v) is 3.66. The number of hydrogen-bond donors (Lipinski definition) is 0. The summed E-state index contributed by atoms with van der Waals surface area (Å²) >= 11 is 6.02. The maximum atomic E-state index is 11.5. The molecule has 0 spiro atoms. The van der Waals surface area contributed by atoms with Crippen molar-refractivity contribution < 1.29 is 9.53 Å². The lowest BCUT2D eigenvalue weighted by Gasteiger charge is -2.06. The van der Waals surface area contributed by atoms with Gasteiger partial charge in [-0.15, -0.1) is 10.2 Å². The van der Waals surface area contributed by atoms with Crippen LogP contribution in [-0.2, 0) is 4.74 Å². The van der Waals surface area contributed by atoms with Crippen molar-refractivity contribution in [2.75, 3.05) is 6.61 Å². The minimum Gasteiger partial charge on any atom is -0.462 e. The molecule has 0 fully saturated rings. The van der Waals surface area contributed by atoms with Gasteiger partial charge < -0.3 is 4.74 Å². The molecule has 88 valence electrons. The summed E-state index contributed by atoms with van der Waals surface area (Å²) in [5, 5.41) is 7.73. The highest BCUT2D eigenvalue weighted by molar-refractivity contribution is 6.33. The summed E-state index contributed by atoms with van der Waals surface area (Å²) in [4.78, 5) is 11.5. The Kier molecular flexibility index (Phi) is 3.39. The Morgan fingerprint density at radius 1 is 1.41 bits per heavy atom. The van der Waals surface area contributed by atoms with Gasteiger partial charge in [-0.3, -0.25) is 4.57 Å². The Morgan fingerprint density at radius 2 is 2.12 bits per heavy atom. The first-order valence-electron chi connectivity index (χ1n) is 5.04. The Labute approximate surface area is 103 Å². The van der Waals surface area contributed by atoms with Crippen LogP contribution >= 0.6 is 11.6 Å². The van der Waals surface area contributed by atoms with Crippen molar-refractivity contribution in [3.63, 3.8) is 0 Å². The number of carbonyl (C=O) groups excluding carboxylic acids is 1. The molecule has 0 aliphatic rings. The summed E-state index contributed by atoms with van der Waals surface area (Å²) in [5.74, 6) is -0.423. The third-order valence-corrected chi connectivity index (χ3v) is 2.48. The quantitative estimate of drug-likeness (QED) is 0.784. The molecule has 0 aliphatic carbocycles. The van der Waals surface area contributed by atoms with Gasteiger partial charge >= 0.3 is 5.97 Å². The van der Waals surface area contributed by atoms with Crippen LogP contribution < -0.4 is 0 Å². The van der Waals surface area contributed by atoms with E-state index < -0.39 is 5.97 Å². The number of esters is 1. The first-order valence-corrected chi connectivity index (χ1v) is 5.42. The molecule has 1 aromatic heterocycles. The summed E-state index contributed by atoms with van der Waals surface area (Å²) in [5.41, 5.74) is 1.14. The van der Waals surface area contributed by atoms with Gasteiger partial charge in [-0.2, -0.15) is 0 Å². The molecule has 17 heavy (non-hydrogen) atoms. The van der Waals surface area contributed by atoms with Crippen molar-refractivity contribution in [3.8, 4) is 5.69 Å². The zero-order valence-electron chi connectivity index (χ0n) is 9.13. The maximum absolute atomic E-state index is 11.5. The molecule has 5 nitrogen and oxygen atoms in total. The standard InChI is InChI=1S/C11H10ClN3O2/c1-2-17-11(16)9-4-3-8(5-10(9)12)15-6-13-14-7-15/h3-7H,2H2,1H3. The van der Waals surface area contributed by atoms with Crippen molar-refractivity contribution in [1.82, 2.24) is 14.8 Å². The van der Waals surface area contributed by atoms with E-state index in [-0.39, 0.29) is 0 Å². The topological polar surface area (TPSA) is 57.0 Å². The van der Waals surface area contributed by atoms with Crippen molar-refractivity contribution in [3.05, 3.63) is 41.4 Å². The van der Waals surface area contributed by atoms with E-state index in [1.807, 2.05) is 0 Å². The average Bonchev–Trinajstić information content (AvgIpc) is 2.82. The minimum absolute atomic E-state index is 0.322. The molecule has 2 rings (SSSR count). The second kappa shape index (κ2) is 4.97. The predicted molar refractivity (Wildman–Crippen MR) is 62.3 cm³/mol. The number of ether oxygens (including phenoxy) is 1. The molecule has 0 unspecified atom stereocenters. The van der Waals surface area contributed by atoms with Crippen LogP contribution in [0.5, 0.6) is 0 Å². The zero-order valence-corrected chi connectivity index (χ0v) is 9.89. The van der Waals surface area contributed by atoms with Gasteiger partial charge in [0.25, 0.3) is 0 Å². The molecule has 1 aromatic carbocycles. The highest BCUT2D eigenvalue weighted by Gasteiger charge is 2.12. The fourth-order valence-electron chi connectivity index (χ4n) is 1.37. The number of carbonyl (C=O) groups is 1. The molecule has 6 heteroatoms. The summed E-state index contributed by atoms with van der Waals surface area (Å²) in [6.45, 7) is 2.07. The lowest BCUT2D eigenvalue weighted by atomic mass is 10.2. The number of aromatic nitrogens is 3. The van der Waals surface area contributed by atoms with Gasteiger partial charge in [0.1, 0.15) is 12.7 Å². The smallest absolute Gasteiger partial charge is 0.339 e. The molecule has 0 radical (unpaired) electrons. The SMILES string of the molecule is CCOC(=O)c1ccc(-n2cnnc2)cc1Cl. The average molecular weight is 252 g/mol. The molecular weight excluding hydrogens is 242 g/mol. The summed E-state index contributed by atoms with van der Waals surface area (Å²) in [7, 11) is 0. The Hall–Kier alpha value is -1.88. The molecule has 0 atom stereocenters. The monoisotopic (exact) mass is 251 g/mol. The van der Waals surface area contributed by atoms with E-state index in [1.54, 1.807) is 42.3 Å². The third kappa shape index (κ3) is 2.45. The van der Waals surface area contributed by atoms with Crippen LogP contribution in [0.15, 0.2) is 30.9 Å². The first-order chi connectivity index (χ1) is 8.22. The van der Waals surface area contributed by atoms with Gasteiger partial charge in [-0.05, 0) is 25.1 Å². The van der Waals surface area contributed by atoms with E-state index in [2.05, 4.69) is 10.2 Å². The van der Waals surface area contributed by atoms with Crippen LogP contribution in [0.1, 0.15) is 17.3 Å². The number of nitrogens with zero attached hydrogens (tertiary/aromatic N) is 3. The number of rotatable bonds is 3. The van der Waals surface area contributed by atoms with Gasteiger partial charge in [-0.1, -0.05) is 11.6 Å². The van der Waals surface area contributed by atoms with Crippen molar-refractivity contribution in [2.45, 2.75) is 6.92 Å². The summed E-state index contributed by atoms with van der Waals surface area (Å²) < 4.78 is 6.58. The van der Waals surface area contributed by atoms with E-state index in [1.165, 1.54) is 0 Å². The molecule has 0 amide bonds. The van der Waals surface area contributed by atoms with Crippen LogP contribution in [0.25, 0.3) is 5.69 Å². The number of benzene rings is 1. The Bertz CT molecular complexity index is 526. The Morgan fingerprint density at radius 3 is 2.71 bits per heavy atom. The molecule has 1 heterocycles. The summed E-state index contributed by atoms with van der Waals surface area (Å²) in [6, 6.07) is 5.04. The highest BCUT2D eigenvalue weighted by atomic mass is 35.5. The lowest BCUT2D eigenvalue weighted by Crippen LogP contribution is -2.05. The predicted octanol–water partition coefficient (Wildman–Crippen LogP) is 2.10. The largest absolute Gasteiger partial charge is 0.462 e. The van der Waals surface area contributed by atoms with Gasteiger partial charge in [0, 0.05) is 5.69 Å². The lowest BCUT2D eigenvalue weighted by molar-refractivity contribution is 0.0526. The maximum Gasteiger partial charge on any atom is 0.339 e. The van der Waals surface area contributed by atoms with Crippen LogP contribution in [0.3, 0.4) is 0 Å². The van der Waals surface area contributed by atoms with Crippen LogP contribution in [0.2, 0.25) is 5.02 Å². The fraction of sp³-hybridized carbons (Fsp3) is 0.182. The fourth-order valence-corrected chi connectivity index (χ4v) is 1.62. The Balaban J connectivity index is 2.32. The van der Waals surface area contributed by atoms with Crippen molar-refractivity contribution in [2.24, 2.45) is 0 Å². The molecular formula is C11H10ClN3O2. The minimum atomic E-state index is -0.423. The molecule has 2 aromatic rings. The van der Waals surface area contributed by atoms with E-state index in [4.69, 9.17) is 16.3 Å². The highest BCUT2D eigenvalue weighted by Crippen LogP contribution is 2.20. The first kappa shape index (κ1) is 11.6. The molecule has 0 saturated carbocycles. The van der Waals surface area contributed by atoms with E-state index in [0.717, 1.165) is 5.69 Å². The molecule has 0 bridgehead atoms. The van der Waals surface area contributed by atoms with Crippen molar-refractivity contribution in [1.29, 1.82) is 0 Å². The summed E-state index contributed by atoms with van der Waals surface area (Å²) in [6.07, 6.45) is 3.10. The van der Waals surface area contributed by atoms with Crippen LogP contribution in [-0.4, -0.2) is 27.3 Å². The molecule has 0 saturated heterocycles. The van der Waals surface area contributed by atoms with Gasteiger partial charge in [0.05, 0.1) is 17.2 Å². The van der Waals surface area contributed by atoms with Gasteiger partial charge in [0.15, 0.2) is 0 Å². The van der Waals surface area contributed by atoms with Crippen LogP contribution in [0, 0.1) is 0 Å². The molecule has 0 N–H and O–H groups in total. The molecule has 0 aliphatic heterocycles. The zero-order chi connectivity index (χ0) is 12.3. The van der Waals surface area contributed by atoms with Gasteiger partial charge in [0.2, 0.25) is 0 Å². The van der Waals surface area contributed by atoms with E-state index in [9.17, 15) is 4.79 Å². The number of hydrogen-bond acceptors (Lipinski definition) is 4. The second-order valence-electron chi connectivity index (χ2n) is 3.25. The normalized spacial score (nSPS) is 10.2. The third-order valence-electron chi connectivity index (χ3n) is 2.16.